The molecule has 1 aliphatic rings. The molecule has 0 saturated heterocycles. The number of halogens is 1. The van der Waals surface area contributed by atoms with Gasteiger partial charge in [0.25, 0.3) is 0 Å². The molecule has 3 aromatic rings. The Morgan fingerprint density at radius 3 is 2.44 bits per heavy atom. The number of allylic oxidation sites excluding steroid dienone is 2. The number of carboxylic acids is 1. The Kier molecular flexibility index (Phi) is 7.31. The zero-order chi connectivity index (χ0) is 24.1. The van der Waals surface area contributed by atoms with Crippen LogP contribution in [-0.2, 0) is 11.4 Å². The molecular weight excluding hydrogens is 431 g/mol. The van der Waals surface area contributed by atoms with Gasteiger partial charge in [-0.2, -0.15) is 0 Å². The monoisotopic (exact) mass is 460 g/mol. The van der Waals surface area contributed by atoms with Gasteiger partial charge in [-0.1, -0.05) is 36.4 Å². The molecule has 3 aromatic carbocycles. The van der Waals surface area contributed by atoms with Crippen LogP contribution in [0, 0.1) is 5.82 Å². The van der Waals surface area contributed by atoms with Crippen LogP contribution < -0.4 is 9.47 Å². The molecule has 1 fully saturated rings. The van der Waals surface area contributed by atoms with Crippen molar-refractivity contribution >= 4 is 5.97 Å². The molecule has 34 heavy (non-hydrogen) atoms. The second-order valence-electron chi connectivity index (χ2n) is 8.63. The van der Waals surface area contributed by atoms with Gasteiger partial charge in [0.2, 0.25) is 0 Å². The Morgan fingerprint density at radius 1 is 1.06 bits per heavy atom. The molecule has 176 valence electrons. The number of carbonyl (C=O) groups is 1. The van der Waals surface area contributed by atoms with E-state index in [9.17, 15) is 9.18 Å². The number of benzene rings is 3. The summed E-state index contributed by atoms with van der Waals surface area (Å²) in [7, 11) is 1.58. The van der Waals surface area contributed by atoms with Crippen molar-refractivity contribution in [2.24, 2.45) is 0 Å². The zero-order valence-electron chi connectivity index (χ0n) is 19.5. The third-order valence-electron chi connectivity index (χ3n) is 6.13. The zero-order valence-corrected chi connectivity index (χ0v) is 19.5. The minimum atomic E-state index is -0.832. The summed E-state index contributed by atoms with van der Waals surface area (Å²) in [4.78, 5) is 11.2. The van der Waals surface area contributed by atoms with E-state index in [2.05, 4.69) is 6.07 Å². The van der Waals surface area contributed by atoms with Crippen molar-refractivity contribution in [2.75, 3.05) is 7.11 Å². The number of hydrogen-bond donors (Lipinski definition) is 1. The SMILES string of the molecule is CC=C[C@H](CC(=O)O)c1ccc(OCc2ccc(C3CC3)c(-c3cc(OC)ccc3F)c2)cc1. The molecule has 1 aliphatic carbocycles. The summed E-state index contributed by atoms with van der Waals surface area (Å²) in [6, 6.07) is 18.5. The van der Waals surface area contributed by atoms with Crippen LogP contribution in [0.1, 0.15) is 54.7 Å². The lowest BCUT2D eigenvalue weighted by atomic mass is 9.94. The predicted molar refractivity (Wildman–Crippen MR) is 131 cm³/mol. The van der Waals surface area contributed by atoms with Crippen LogP contribution in [0.4, 0.5) is 4.39 Å². The van der Waals surface area contributed by atoms with Gasteiger partial charge in [-0.25, -0.2) is 4.39 Å². The third-order valence-corrected chi connectivity index (χ3v) is 6.13. The Labute approximate surface area is 199 Å². The smallest absolute Gasteiger partial charge is 0.304 e. The van der Waals surface area contributed by atoms with Gasteiger partial charge in [-0.05, 0) is 84.3 Å². The molecule has 0 aliphatic heterocycles. The first-order valence-corrected chi connectivity index (χ1v) is 11.5. The quantitative estimate of drug-likeness (QED) is 0.328. The van der Waals surface area contributed by atoms with E-state index in [4.69, 9.17) is 14.6 Å². The van der Waals surface area contributed by atoms with Gasteiger partial charge in [0.15, 0.2) is 0 Å². The van der Waals surface area contributed by atoms with E-state index in [0.717, 1.165) is 35.1 Å². The van der Waals surface area contributed by atoms with Gasteiger partial charge < -0.3 is 14.6 Å². The Bertz CT molecular complexity index is 1180. The highest BCUT2D eigenvalue weighted by Gasteiger charge is 2.27. The average Bonchev–Trinajstić information content (AvgIpc) is 3.68. The van der Waals surface area contributed by atoms with Crippen molar-refractivity contribution in [3.63, 3.8) is 0 Å². The average molecular weight is 461 g/mol. The lowest BCUT2D eigenvalue weighted by Crippen LogP contribution is -2.04. The maximum Gasteiger partial charge on any atom is 0.304 e. The van der Waals surface area contributed by atoms with Crippen molar-refractivity contribution in [3.8, 4) is 22.6 Å². The van der Waals surface area contributed by atoms with E-state index >= 15 is 0 Å². The summed E-state index contributed by atoms with van der Waals surface area (Å²) in [5.41, 5.74) is 4.47. The summed E-state index contributed by atoms with van der Waals surface area (Å²) < 4.78 is 26.1. The van der Waals surface area contributed by atoms with Crippen molar-refractivity contribution in [1.29, 1.82) is 0 Å². The molecule has 1 saturated carbocycles. The Balaban J connectivity index is 1.53. The van der Waals surface area contributed by atoms with Gasteiger partial charge in [0.05, 0.1) is 13.5 Å². The topological polar surface area (TPSA) is 55.8 Å². The molecule has 0 bridgehead atoms. The van der Waals surface area contributed by atoms with Crippen LogP contribution in [0.25, 0.3) is 11.1 Å². The summed E-state index contributed by atoms with van der Waals surface area (Å²) in [5, 5.41) is 9.16. The van der Waals surface area contributed by atoms with Crippen molar-refractivity contribution < 1.29 is 23.8 Å². The molecule has 4 nitrogen and oxygen atoms in total. The third kappa shape index (κ3) is 5.66. The predicted octanol–water partition coefficient (Wildman–Crippen LogP) is 7.09. The van der Waals surface area contributed by atoms with Crippen LogP contribution in [0.2, 0.25) is 0 Å². The first kappa shape index (κ1) is 23.6. The minimum absolute atomic E-state index is 0.0431. The summed E-state index contributed by atoms with van der Waals surface area (Å²) in [6.45, 7) is 2.22. The van der Waals surface area contributed by atoms with Crippen LogP contribution in [0.5, 0.6) is 11.5 Å². The normalized spacial score (nSPS) is 14.2. The van der Waals surface area contributed by atoms with Gasteiger partial charge >= 0.3 is 5.97 Å². The molecule has 1 N–H and O–H groups in total. The number of rotatable bonds is 10. The minimum Gasteiger partial charge on any atom is -0.497 e. The molecule has 5 heteroatoms. The van der Waals surface area contributed by atoms with Crippen molar-refractivity contribution in [2.45, 2.75) is 44.6 Å². The van der Waals surface area contributed by atoms with E-state index in [0.29, 0.717) is 29.6 Å². The Hall–Kier alpha value is -3.60. The molecule has 0 spiro atoms. The Morgan fingerprint density at radius 2 is 1.79 bits per heavy atom. The van der Waals surface area contributed by atoms with Gasteiger partial charge in [0.1, 0.15) is 23.9 Å². The van der Waals surface area contributed by atoms with E-state index in [1.54, 1.807) is 19.2 Å². The van der Waals surface area contributed by atoms with E-state index in [1.165, 1.54) is 6.07 Å². The summed E-state index contributed by atoms with van der Waals surface area (Å²) >= 11 is 0. The largest absolute Gasteiger partial charge is 0.497 e. The van der Waals surface area contributed by atoms with Gasteiger partial charge in [0, 0.05) is 11.5 Å². The van der Waals surface area contributed by atoms with Crippen molar-refractivity contribution in [1.82, 2.24) is 0 Å². The highest BCUT2D eigenvalue weighted by Crippen LogP contribution is 2.45. The molecule has 0 unspecified atom stereocenters. The van der Waals surface area contributed by atoms with Crippen molar-refractivity contribution in [3.05, 3.63) is 95.3 Å². The van der Waals surface area contributed by atoms with Crippen LogP contribution in [0.15, 0.2) is 72.8 Å². The van der Waals surface area contributed by atoms with E-state index in [1.807, 2.05) is 55.5 Å². The number of aliphatic carboxylic acids is 1. The molecule has 0 heterocycles. The number of methoxy groups -OCH3 is 1. The first-order chi connectivity index (χ1) is 16.5. The summed E-state index contributed by atoms with van der Waals surface area (Å²) in [5.74, 6) is 0.512. The van der Waals surface area contributed by atoms with Gasteiger partial charge in [-0.3, -0.25) is 4.79 Å². The van der Waals surface area contributed by atoms with Crippen LogP contribution in [-0.4, -0.2) is 18.2 Å². The lowest BCUT2D eigenvalue weighted by Gasteiger charge is -2.15. The number of carboxylic acid groups (broad SMARTS) is 1. The molecule has 1 atom stereocenters. The van der Waals surface area contributed by atoms with E-state index < -0.39 is 5.97 Å². The second kappa shape index (κ2) is 10.6. The van der Waals surface area contributed by atoms with E-state index in [-0.39, 0.29) is 18.2 Å². The fourth-order valence-corrected chi connectivity index (χ4v) is 4.21. The molecule has 0 radical (unpaired) electrons. The van der Waals surface area contributed by atoms with Crippen LogP contribution in [0.3, 0.4) is 0 Å². The first-order valence-electron chi connectivity index (χ1n) is 11.5. The molecular formula is C29H29FO4. The second-order valence-corrected chi connectivity index (χ2v) is 8.63. The maximum absolute atomic E-state index is 14.7. The molecule has 0 amide bonds. The molecule has 0 aromatic heterocycles. The fourth-order valence-electron chi connectivity index (χ4n) is 4.21. The highest BCUT2D eigenvalue weighted by molar-refractivity contribution is 5.71. The lowest BCUT2D eigenvalue weighted by molar-refractivity contribution is -0.137. The molecule has 4 rings (SSSR count). The van der Waals surface area contributed by atoms with Crippen LogP contribution >= 0.6 is 0 Å². The summed E-state index contributed by atoms with van der Waals surface area (Å²) in [6.07, 6.45) is 6.05. The van der Waals surface area contributed by atoms with Gasteiger partial charge in [-0.15, -0.1) is 0 Å². The number of ether oxygens (including phenoxy) is 2. The standard InChI is InChI=1S/C29H29FO4/c1-3-4-22(16-29(31)32)20-8-10-23(11-9-20)34-18-19-5-13-25(21-6-7-21)26(15-19)27-17-24(33-2)12-14-28(27)30/h3-5,8-15,17,21-22H,6-7,16,18H2,1-2H3,(H,31,32)/t22-/m1/s1. The number of hydrogen-bond acceptors (Lipinski definition) is 3. The highest BCUT2D eigenvalue weighted by atomic mass is 19.1. The maximum atomic E-state index is 14.7. The fraction of sp³-hybridized carbons (Fsp3) is 0.276.